The van der Waals surface area contributed by atoms with E-state index in [0.717, 1.165) is 19.8 Å². The maximum atomic E-state index is 5.46. The smallest absolute Gasteiger partial charge is 0.146 e. The van der Waals surface area contributed by atoms with Gasteiger partial charge in [-0.15, -0.1) is 0 Å². The molecule has 0 aromatic rings. The van der Waals surface area contributed by atoms with Crippen molar-refractivity contribution in [1.82, 2.24) is 4.90 Å². The second-order valence-corrected chi connectivity index (χ2v) is 6.27. The van der Waals surface area contributed by atoms with Crippen LogP contribution in [-0.4, -0.2) is 45.5 Å². The number of rotatable bonds is 17. The highest BCUT2D eigenvalue weighted by molar-refractivity contribution is 4.47. The second kappa shape index (κ2) is 17.9. The van der Waals surface area contributed by atoms with E-state index in [2.05, 4.69) is 25.9 Å². The molecule has 0 N–H and O–H groups in total. The van der Waals surface area contributed by atoms with Crippen molar-refractivity contribution in [3.8, 4) is 0 Å². The molecule has 0 atom stereocenters. The monoisotopic (exact) mass is 301 g/mol. The Morgan fingerprint density at radius 3 is 1.62 bits per heavy atom. The Morgan fingerprint density at radius 2 is 1.10 bits per heavy atom. The average Bonchev–Trinajstić information content (AvgIpc) is 2.46. The molecule has 0 aliphatic heterocycles. The Labute approximate surface area is 133 Å². The average molecular weight is 302 g/mol. The minimum Gasteiger partial charge on any atom is -0.355 e. The molecule has 0 unspecified atom stereocenters. The van der Waals surface area contributed by atoms with E-state index in [1.807, 2.05) is 0 Å². The van der Waals surface area contributed by atoms with E-state index in [1.165, 1.54) is 70.6 Å². The quantitative estimate of drug-likeness (QED) is 0.283. The van der Waals surface area contributed by atoms with Crippen LogP contribution in [-0.2, 0) is 9.47 Å². The van der Waals surface area contributed by atoms with Crippen LogP contribution in [0, 0.1) is 0 Å². The summed E-state index contributed by atoms with van der Waals surface area (Å²) >= 11 is 0. The first kappa shape index (κ1) is 20.9. The topological polar surface area (TPSA) is 21.7 Å². The van der Waals surface area contributed by atoms with E-state index in [4.69, 9.17) is 9.47 Å². The third kappa shape index (κ3) is 19.9. The van der Waals surface area contributed by atoms with Gasteiger partial charge in [-0.1, -0.05) is 71.1 Å². The van der Waals surface area contributed by atoms with E-state index < -0.39 is 0 Å². The first-order valence-corrected chi connectivity index (χ1v) is 9.07. The molecule has 0 aromatic carbocycles. The van der Waals surface area contributed by atoms with Gasteiger partial charge in [-0.2, -0.15) is 0 Å². The van der Waals surface area contributed by atoms with Gasteiger partial charge in [0.15, 0.2) is 0 Å². The van der Waals surface area contributed by atoms with Crippen LogP contribution in [0.15, 0.2) is 0 Å². The van der Waals surface area contributed by atoms with E-state index in [1.54, 1.807) is 0 Å². The standard InChI is InChI=1S/C18H39NO2/c1-4-5-6-7-8-9-10-11-12-13-14-16-20-18-21-17-15-19(2)3/h4-18H2,1-3H3. The number of hydrogen-bond acceptors (Lipinski definition) is 3. The van der Waals surface area contributed by atoms with Crippen molar-refractivity contribution in [2.45, 2.75) is 77.6 Å². The van der Waals surface area contributed by atoms with Gasteiger partial charge in [0.05, 0.1) is 6.61 Å². The number of ether oxygens (including phenoxy) is 2. The Balaban J connectivity index is 2.93. The predicted octanol–water partition coefficient (Wildman–Crippen LogP) is 4.85. The molecule has 0 spiro atoms. The van der Waals surface area contributed by atoms with Crippen LogP contribution in [0.3, 0.4) is 0 Å². The lowest BCUT2D eigenvalue weighted by molar-refractivity contribution is -0.0573. The third-order valence-electron chi connectivity index (χ3n) is 3.74. The third-order valence-corrected chi connectivity index (χ3v) is 3.74. The van der Waals surface area contributed by atoms with Crippen molar-refractivity contribution < 1.29 is 9.47 Å². The van der Waals surface area contributed by atoms with Crippen molar-refractivity contribution >= 4 is 0 Å². The van der Waals surface area contributed by atoms with Gasteiger partial charge in [-0.05, 0) is 20.5 Å². The van der Waals surface area contributed by atoms with Crippen molar-refractivity contribution in [3.63, 3.8) is 0 Å². The van der Waals surface area contributed by atoms with Crippen LogP contribution in [0.5, 0.6) is 0 Å². The normalized spacial score (nSPS) is 11.4. The Morgan fingerprint density at radius 1 is 0.619 bits per heavy atom. The number of nitrogens with zero attached hydrogens (tertiary/aromatic N) is 1. The summed E-state index contributed by atoms with van der Waals surface area (Å²) in [6.07, 6.45) is 15.2. The van der Waals surface area contributed by atoms with Crippen molar-refractivity contribution in [2.24, 2.45) is 0 Å². The summed E-state index contributed by atoms with van der Waals surface area (Å²) < 4.78 is 10.8. The van der Waals surface area contributed by atoms with Gasteiger partial charge in [-0.3, -0.25) is 0 Å². The summed E-state index contributed by atoms with van der Waals surface area (Å²) in [6, 6.07) is 0. The van der Waals surface area contributed by atoms with E-state index in [9.17, 15) is 0 Å². The number of likely N-dealkylation sites (N-methyl/N-ethyl adjacent to an activating group) is 1. The fraction of sp³-hybridized carbons (Fsp3) is 1.00. The molecular weight excluding hydrogens is 262 g/mol. The molecule has 3 heteroatoms. The van der Waals surface area contributed by atoms with Crippen molar-refractivity contribution in [3.05, 3.63) is 0 Å². The molecule has 0 saturated carbocycles. The molecule has 0 aliphatic carbocycles. The molecule has 0 heterocycles. The second-order valence-electron chi connectivity index (χ2n) is 6.27. The summed E-state index contributed by atoms with van der Waals surface area (Å²) in [7, 11) is 4.10. The van der Waals surface area contributed by atoms with E-state index in [-0.39, 0.29) is 0 Å². The number of hydrogen-bond donors (Lipinski definition) is 0. The molecule has 128 valence electrons. The lowest BCUT2D eigenvalue weighted by Crippen LogP contribution is -2.18. The highest BCUT2D eigenvalue weighted by atomic mass is 16.7. The van der Waals surface area contributed by atoms with Crippen LogP contribution in [0.2, 0.25) is 0 Å². The van der Waals surface area contributed by atoms with Crippen LogP contribution in [0.25, 0.3) is 0 Å². The summed E-state index contributed by atoms with van der Waals surface area (Å²) in [6.45, 7) is 5.29. The van der Waals surface area contributed by atoms with Crippen molar-refractivity contribution in [1.29, 1.82) is 0 Å². The summed E-state index contributed by atoms with van der Waals surface area (Å²) in [4.78, 5) is 2.11. The first-order valence-electron chi connectivity index (χ1n) is 9.07. The molecule has 0 aliphatic rings. The summed E-state index contributed by atoms with van der Waals surface area (Å²) in [5, 5.41) is 0. The summed E-state index contributed by atoms with van der Waals surface area (Å²) in [5.74, 6) is 0. The molecule has 0 fully saturated rings. The SMILES string of the molecule is CCCCCCCCCCCCCOCOCCN(C)C. The van der Waals surface area contributed by atoms with Gasteiger partial charge >= 0.3 is 0 Å². The Hall–Kier alpha value is -0.120. The lowest BCUT2D eigenvalue weighted by Gasteiger charge is -2.10. The molecule has 0 rings (SSSR count). The van der Waals surface area contributed by atoms with Gasteiger partial charge in [-0.25, -0.2) is 0 Å². The van der Waals surface area contributed by atoms with Gasteiger partial charge in [0.2, 0.25) is 0 Å². The van der Waals surface area contributed by atoms with Gasteiger partial charge in [0.25, 0.3) is 0 Å². The zero-order valence-electron chi connectivity index (χ0n) is 14.9. The molecule has 0 amide bonds. The number of unbranched alkanes of at least 4 members (excludes halogenated alkanes) is 10. The highest BCUT2D eigenvalue weighted by Crippen LogP contribution is 2.11. The Bertz CT molecular complexity index is 186. The van der Waals surface area contributed by atoms with E-state index in [0.29, 0.717) is 6.79 Å². The van der Waals surface area contributed by atoms with Crippen LogP contribution in [0.1, 0.15) is 77.6 Å². The lowest BCUT2D eigenvalue weighted by atomic mass is 10.1. The zero-order chi connectivity index (χ0) is 15.6. The fourth-order valence-corrected chi connectivity index (χ4v) is 2.29. The maximum absolute atomic E-state index is 5.46. The molecule has 0 aromatic heterocycles. The molecule has 0 saturated heterocycles. The summed E-state index contributed by atoms with van der Waals surface area (Å²) in [5.41, 5.74) is 0. The Kier molecular flexibility index (Phi) is 17.8. The first-order chi connectivity index (χ1) is 10.3. The highest BCUT2D eigenvalue weighted by Gasteiger charge is 1.94. The van der Waals surface area contributed by atoms with Gasteiger partial charge < -0.3 is 14.4 Å². The van der Waals surface area contributed by atoms with Gasteiger partial charge in [0.1, 0.15) is 6.79 Å². The molecule has 21 heavy (non-hydrogen) atoms. The molecule has 3 nitrogen and oxygen atoms in total. The van der Waals surface area contributed by atoms with E-state index >= 15 is 0 Å². The van der Waals surface area contributed by atoms with Crippen LogP contribution in [0.4, 0.5) is 0 Å². The van der Waals surface area contributed by atoms with Crippen LogP contribution < -0.4 is 0 Å². The van der Waals surface area contributed by atoms with Crippen LogP contribution >= 0.6 is 0 Å². The largest absolute Gasteiger partial charge is 0.355 e. The minimum absolute atomic E-state index is 0.450. The fourth-order valence-electron chi connectivity index (χ4n) is 2.29. The maximum Gasteiger partial charge on any atom is 0.146 e. The molecule has 0 bridgehead atoms. The van der Waals surface area contributed by atoms with Crippen molar-refractivity contribution in [2.75, 3.05) is 40.6 Å². The van der Waals surface area contributed by atoms with Gasteiger partial charge in [0, 0.05) is 13.2 Å². The predicted molar refractivity (Wildman–Crippen MR) is 91.8 cm³/mol. The molecule has 0 radical (unpaired) electrons. The zero-order valence-corrected chi connectivity index (χ0v) is 14.9. The molecular formula is C18H39NO2. The minimum atomic E-state index is 0.450.